The number of primary amides is 1. The van der Waals surface area contributed by atoms with Gasteiger partial charge in [0.15, 0.2) is 0 Å². The van der Waals surface area contributed by atoms with Crippen LogP contribution in [0.25, 0.3) is 0 Å². The lowest BCUT2D eigenvalue weighted by Gasteiger charge is -2.29. The van der Waals surface area contributed by atoms with Crippen molar-refractivity contribution in [3.8, 4) is 0 Å². The Labute approximate surface area is 97.2 Å². The topological polar surface area (TPSA) is 63.4 Å². The molecule has 2 N–H and O–H groups in total. The second-order valence-corrected chi connectivity index (χ2v) is 5.67. The summed E-state index contributed by atoms with van der Waals surface area (Å²) in [6.45, 7) is 7.32. The minimum atomic E-state index is -0.428. The summed E-state index contributed by atoms with van der Waals surface area (Å²) in [4.78, 5) is 24.2. The Bertz CT molecular complexity index is 281. The third-order valence-electron chi connectivity index (χ3n) is 3.38. The highest BCUT2D eigenvalue weighted by molar-refractivity contribution is 5.83. The lowest BCUT2D eigenvalue weighted by atomic mass is 9.77. The average Bonchev–Trinajstić information content (AvgIpc) is 2.28. The Morgan fingerprint density at radius 2 is 2.06 bits per heavy atom. The number of nitrogens with two attached hydrogens (primary N) is 1. The first kappa shape index (κ1) is 13.0. The van der Waals surface area contributed by atoms with E-state index in [1.54, 1.807) is 4.90 Å². The summed E-state index contributed by atoms with van der Waals surface area (Å²) in [6, 6.07) is 0. The summed E-state index contributed by atoms with van der Waals surface area (Å²) in [6.07, 6.45) is 2.41. The molecule has 0 radical (unpaired) electrons. The Morgan fingerprint density at radius 1 is 1.44 bits per heavy atom. The highest BCUT2D eigenvalue weighted by atomic mass is 16.2. The monoisotopic (exact) mass is 226 g/mol. The predicted molar refractivity (Wildman–Crippen MR) is 62.6 cm³/mol. The smallest absolute Gasteiger partial charge is 0.237 e. The molecule has 4 heteroatoms. The summed E-state index contributed by atoms with van der Waals surface area (Å²) >= 11 is 0. The van der Waals surface area contributed by atoms with E-state index >= 15 is 0 Å². The van der Waals surface area contributed by atoms with Crippen LogP contribution < -0.4 is 5.73 Å². The maximum Gasteiger partial charge on any atom is 0.237 e. The number of hydrogen-bond donors (Lipinski definition) is 1. The van der Waals surface area contributed by atoms with E-state index in [4.69, 9.17) is 5.73 Å². The molecule has 1 unspecified atom stereocenters. The first-order valence-electron chi connectivity index (χ1n) is 5.87. The molecule has 0 aliphatic carbocycles. The Balaban J connectivity index is 2.62. The van der Waals surface area contributed by atoms with Gasteiger partial charge in [-0.1, -0.05) is 20.8 Å². The van der Waals surface area contributed by atoms with Gasteiger partial charge in [-0.25, -0.2) is 0 Å². The van der Waals surface area contributed by atoms with Crippen molar-refractivity contribution in [2.75, 3.05) is 13.1 Å². The number of likely N-dealkylation sites (tertiary alicyclic amines) is 1. The van der Waals surface area contributed by atoms with Crippen LogP contribution in [0, 0.1) is 11.3 Å². The van der Waals surface area contributed by atoms with Gasteiger partial charge in [-0.05, 0) is 24.2 Å². The first-order chi connectivity index (χ1) is 7.30. The van der Waals surface area contributed by atoms with Gasteiger partial charge in [0.2, 0.25) is 11.8 Å². The zero-order valence-electron chi connectivity index (χ0n) is 10.5. The number of carbonyl (C=O) groups excluding carboxylic acids is 2. The van der Waals surface area contributed by atoms with Gasteiger partial charge in [-0.2, -0.15) is 0 Å². The van der Waals surface area contributed by atoms with Gasteiger partial charge < -0.3 is 10.6 Å². The summed E-state index contributed by atoms with van der Waals surface area (Å²) in [5.74, 6) is 0.169. The van der Waals surface area contributed by atoms with Gasteiger partial charge in [0, 0.05) is 13.0 Å². The first-order valence-corrected chi connectivity index (χ1v) is 5.87. The summed E-state index contributed by atoms with van der Waals surface area (Å²) < 4.78 is 0. The molecule has 0 aromatic heterocycles. The summed E-state index contributed by atoms with van der Waals surface area (Å²) in [5, 5.41) is 0. The van der Waals surface area contributed by atoms with Crippen LogP contribution in [-0.2, 0) is 9.59 Å². The molecule has 0 spiro atoms. The van der Waals surface area contributed by atoms with E-state index in [1.165, 1.54) is 0 Å². The zero-order chi connectivity index (χ0) is 12.3. The van der Waals surface area contributed by atoms with Crippen molar-refractivity contribution in [3.05, 3.63) is 0 Å². The van der Waals surface area contributed by atoms with Crippen LogP contribution in [0.1, 0.15) is 40.0 Å². The molecule has 2 amide bonds. The molecule has 1 heterocycles. The lowest BCUT2D eigenvalue weighted by Crippen LogP contribution is -2.38. The van der Waals surface area contributed by atoms with Crippen LogP contribution in [0.3, 0.4) is 0 Å². The average molecular weight is 226 g/mol. The second-order valence-electron chi connectivity index (χ2n) is 5.67. The molecule has 4 nitrogen and oxygen atoms in total. The molecule has 1 rings (SSSR count). The van der Waals surface area contributed by atoms with Crippen molar-refractivity contribution in [2.45, 2.75) is 40.0 Å². The van der Waals surface area contributed by atoms with Crippen molar-refractivity contribution in [3.63, 3.8) is 0 Å². The van der Waals surface area contributed by atoms with Crippen LogP contribution in [0.15, 0.2) is 0 Å². The molecule has 1 fully saturated rings. The molecule has 1 saturated heterocycles. The van der Waals surface area contributed by atoms with Gasteiger partial charge in [-0.15, -0.1) is 0 Å². The Morgan fingerprint density at radius 3 is 2.56 bits per heavy atom. The molecule has 16 heavy (non-hydrogen) atoms. The fourth-order valence-corrected chi connectivity index (χ4v) is 2.26. The van der Waals surface area contributed by atoms with E-state index in [0.717, 1.165) is 12.8 Å². The molecule has 0 aromatic carbocycles. The fourth-order valence-electron chi connectivity index (χ4n) is 2.26. The molecular weight excluding hydrogens is 204 g/mol. The molecule has 0 aromatic rings. The van der Waals surface area contributed by atoms with E-state index < -0.39 is 5.91 Å². The molecule has 1 aliphatic rings. The van der Waals surface area contributed by atoms with Gasteiger partial charge in [0.25, 0.3) is 0 Å². The van der Waals surface area contributed by atoms with Crippen molar-refractivity contribution in [1.82, 2.24) is 4.90 Å². The molecule has 92 valence electrons. The largest absolute Gasteiger partial charge is 0.368 e. The van der Waals surface area contributed by atoms with Crippen molar-refractivity contribution in [2.24, 2.45) is 17.1 Å². The van der Waals surface area contributed by atoms with E-state index in [9.17, 15) is 9.59 Å². The normalized spacial score (nSPS) is 23.1. The minimum Gasteiger partial charge on any atom is -0.368 e. The maximum atomic E-state index is 11.7. The highest BCUT2D eigenvalue weighted by Gasteiger charge is 2.30. The summed E-state index contributed by atoms with van der Waals surface area (Å²) in [7, 11) is 0. The molecule has 1 aliphatic heterocycles. The summed E-state index contributed by atoms with van der Waals surface area (Å²) in [5.41, 5.74) is 5.35. The zero-order valence-corrected chi connectivity index (χ0v) is 10.5. The van der Waals surface area contributed by atoms with E-state index in [0.29, 0.717) is 18.9 Å². The van der Waals surface area contributed by atoms with E-state index in [2.05, 4.69) is 20.8 Å². The third-order valence-corrected chi connectivity index (χ3v) is 3.38. The number of hydrogen-bond acceptors (Lipinski definition) is 2. The fraction of sp³-hybridized carbons (Fsp3) is 0.833. The number of rotatable bonds is 2. The van der Waals surface area contributed by atoms with Crippen molar-refractivity contribution < 1.29 is 9.59 Å². The van der Waals surface area contributed by atoms with Gasteiger partial charge in [0.1, 0.15) is 0 Å². The highest BCUT2D eigenvalue weighted by Crippen LogP contribution is 2.34. The van der Waals surface area contributed by atoms with E-state index in [-0.39, 0.29) is 17.9 Å². The van der Waals surface area contributed by atoms with E-state index in [1.807, 2.05) is 0 Å². The van der Waals surface area contributed by atoms with Crippen molar-refractivity contribution >= 4 is 11.8 Å². The maximum absolute atomic E-state index is 11.7. The third kappa shape index (κ3) is 3.51. The standard InChI is InChI=1S/C12H22N2O2/c1-12(2,3)9-4-5-11(16)14(7-6-9)8-10(13)15/h9H,4-8H2,1-3H3,(H2,13,15). The predicted octanol–water partition coefficient (Wildman–Crippen LogP) is 1.15. The SMILES string of the molecule is CC(C)(C)C1CCC(=O)N(CC(N)=O)CC1. The molecule has 0 saturated carbocycles. The van der Waals surface area contributed by atoms with Crippen LogP contribution in [-0.4, -0.2) is 29.8 Å². The van der Waals surface area contributed by atoms with Gasteiger partial charge in [-0.3, -0.25) is 9.59 Å². The quantitative estimate of drug-likeness (QED) is 0.767. The molecule has 1 atom stereocenters. The van der Waals surface area contributed by atoms with Crippen LogP contribution in [0.5, 0.6) is 0 Å². The number of carbonyl (C=O) groups is 2. The number of nitrogens with zero attached hydrogens (tertiary/aromatic N) is 1. The molecule has 0 bridgehead atoms. The van der Waals surface area contributed by atoms with Gasteiger partial charge >= 0.3 is 0 Å². The Hall–Kier alpha value is -1.06. The van der Waals surface area contributed by atoms with Crippen LogP contribution >= 0.6 is 0 Å². The lowest BCUT2D eigenvalue weighted by molar-refractivity contribution is -0.134. The van der Waals surface area contributed by atoms with Crippen LogP contribution in [0.4, 0.5) is 0 Å². The Kier molecular flexibility index (Phi) is 3.94. The minimum absolute atomic E-state index is 0.0607. The number of amides is 2. The molecular formula is C12H22N2O2. The second kappa shape index (κ2) is 4.85. The van der Waals surface area contributed by atoms with Gasteiger partial charge in [0.05, 0.1) is 6.54 Å². The van der Waals surface area contributed by atoms with Crippen LogP contribution in [0.2, 0.25) is 0 Å². The van der Waals surface area contributed by atoms with Crippen molar-refractivity contribution in [1.29, 1.82) is 0 Å².